The van der Waals surface area contributed by atoms with Crippen LogP contribution in [0.5, 0.6) is 5.75 Å². The second kappa shape index (κ2) is 16.8. The van der Waals surface area contributed by atoms with Gasteiger partial charge in [0.15, 0.2) is 0 Å². The van der Waals surface area contributed by atoms with E-state index in [9.17, 15) is 24.0 Å². The Hall–Kier alpha value is -5.69. The quantitative estimate of drug-likeness (QED) is 0.231. The van der Waals surface area contributed by atoms with Gasteiger partial charge in [-0.2, -0.15) is 5.26 Å². The Labute approximate surface area is 354 Å². The van der Waals surface area contributed by atoms with Crippen LogP contribution >= 0.6 is 11.6 Å². The van der Waals surface area contributed by atoms with Gasteiger partial charge < -0.3 is 19.4 Å². The van der Waals surface area contributed by atoms with E-state index in [0.717, 1.165) is 100 Å². The number of fused-ring (bicyclic) bond motifs is 3. The van der Waals surface area contributed by atoms with Crippen molar-refractivity contribution in [3.05, 3.63) is 93.5 Å². The monoisotopic (exact) mass is 826 g/mol. The molecule has 6 heterocycles. The Morgan fingerprint density at radius 2 is 1.53 bits per heavy atom. The van der Waals surface area contributed by atoms with Crippen LogP contribution in [0, 0.1) is 35.0 Å². The minimum Gasteiger partial charge on any atom is -0.490 e. The van der Waals surface area contributed by atoms with Crippen LogP contribution in [0.4, 0.5) is 5.69 Å². The van der Waals surface area contributed by atoms with Crippen molar-refractivity contribution in [1.82, 2.24) is 20.0 Å². The van der Waals surface area contributed by atoms with Crippen LogP contribution in [-0.2, 0) is 9.59 Å². The maximum atomic E-state index is 13.7. The molecule has 5 amide bonds. The third-order valence-electron chi connectivity index (χ3n) is 13.3. The van der Waals surface area contributed by atoms with Crippen LogP contribution in [0.2, 0.25) is 5.02 Å². The molecular weight excluding hydrogens is 780 g/mol. The van der Waals surface area contributed by atoms with Crippen LogP contribution in [0.3, 0.4) is 0 Å². The van der Waals surface area contributed by atoms with Gasteiger partial charge in [0.25, 0.3) is 17.7 Å². The molecule has 3 aromatic rings. The maximum absolute atomic E-state index is 13.7. The molecule has 0 saturated carbocycles. The average molecular weight is 827 g/mol. The molecule has 0 aromatic heterocycles. The van der Waals surface area contributed by atoms with E-state index >= 15 is 0 Å². The maximum Gasteiger partial charge on any atom is 0.262 e. The molecule has 13 heteroatoms. The first-order chi connectivity index (χ1) is 29.1. The minimum atomic E-state index is -0.967. The van der Waals surface area contributed by atoms with Gasteiger partial charge in [-0.3, -0.25) is 34.2 Å². The van der Waals surface area contributed by atoms with Crippen molar-refractivity contribution in [1.29, 1.82) is 5.26 Å². The van der Waals surface area contributed by atoms with E-state index in [-0.39, 0.29) is 42.8 Å². The van der Waals surface area contributed by atoms with Gasteiger partial charge in [-0.15, -0.1) is 0 Å². The number of nitrogens with zero attached hydrogens (tertiary/aromatic N) is 5. The zero-order valence-electron chi connectivity index (χ0n) is 33.4. The van der Waals surface area contributed by atoms with Gasteiger partial charge in [0.05, 0.1) is 21.7 Å². The summed E-state index contributed by atoms with van der Waals surface area (Å²) in [5.74, 6) is 6.57. The first kappa shape index (κ1) is 39.8. The zero-order chi connectivity index (χ0) is 41.5. The number of hydrogen-bond donors (Lipinski definition) is 1. The number of imide groups is 2. The number of benzene rings is 3. The third-order valence-corrected chi connectivity index (χ3v) is 13.7. The molecule has 5 saturated heterocycles. The normalized spacial score (nSPS) is 24.8. The number of nitrogens with one attached hydrogen (secondary N) is 1. The van der Waals surface area contributed by atoms with Crippen molar-refractivity contribution in [2.24, 2.45) is 11.8 Å². The SMILES string of the molecule is N#Cc1ccc(OC2CC3CCC(C2)N3C(=O)c2ccc(C#CC3CCN(CC4CCN(c5ccc6c(c5)C(=O)N(C5CCC(=O)NC5=O)C6=O)CC4)CC3)cc2)cc1Cl. The molecule has 1 N–H and O–H groups in total. The lowest BCUT2D eigenvalue weighted by Crippen LogP contribution is -2.54. The first-order valence-corrected chi connectivity index (χ1v) is 21.6. The van der Waals surface area contributed by atoms with E-state index in [1.165, 1.54) is 0 Å². The van der Waals surface area contributed by atoms with Crippen molar-refractivity contribution >= 4 is 46.8 Å². The van der Waals surface area contributed by atoms with Crippen molar-refractivity contribution in [2.45, 2.75) is 88.4 Å². The summed E-state index contributed by atoms with van der Waals surface area (Å²) < 4.78 is 6.25. The number of hydrogen-bond acceptors (Lipinski definition) is 9. The molecule has 6 aliphatic heterocycles. The van der Waals surface area contributed by atoms with Gasteiger partial charge in [-0.1, -0.05) is 23.4 Å². The first-order valence-electron chi connectivity index (χ1n) is 21.3. The fraction of sp³-hybridized carbons (Fsp3) is 0.447. The molecule has 0 spiro atoms. The molecule has 2 bridgehead atoms. The van der Waals surface area contributed by atoms with Gasteiger partial charge in [0, 0.05) is 79.8 Å². The van der Waals surface area contributed by atoms with Crippen LogP contribution < -0.4 is 15.0 Å². The number of piperidine rings is 4. The van der Waals surface area contributed by atoms with Gasteiger partial charge in [-0.25, -0.2) is 0 Å². The molecule has 12 nitrogen and oxygen atoms in total. The molecule has 9 rings (SSSR count). The van der Waals surface area contributed by atoms with Crippen LogP contribution in [0.25, 0.3) is 0 Å². The number of likely N-dealkylation sites (tertiary alicyclic amines) is 1. The van der Waals surface area contributed by atoms with E-state index in [1.807, 2.05) is 30.3 Å². The van der Waals surface area contributed by atoms with Gasteiger partial charge >= 0.3 is 0 Å². The highest BCUT2D eigenvalue weighted by molar-refractivity contribution is 6.31. The molecule has 3 aromatic carbocycles. The Bertz CT molecular complexity index is 2320. The molecule has 0 aliphatic carbocycles. The Morgan fingerprint density at radius 3 is 2.22 bits per heavy atom. The smallest absolute Gasteiger partial charge is 0.262 e. The molecular formula is C47H47ClN6O6. The summed E-state index contributed by atoms with van der Waals surface area (Å²) in [5.41, 5.74) is 3.55. The fourth-order valence-corrected chi connectivity index (χ4v) is 10.3. The van der Waals surface area contributed by atoms with E-state index in [1.54, 1.807) is 30.3 Å². The standard InChI is InChI=1S/C47H47ClN6O6/c48-41-26-37(11-7-33(41)27-49)60-38-23-35-8-9-36(24-38)53(35)45(57)32-5-3-29(4-6-32)1-2-30-15-19-51(20-16-30)28-31-17-21-52(22-18-31)34-10-12-39-40(25-34)47(59)54(46(39)58)42-13-14-43(55)50-44(42)56/h3-7,10-12,25-26,30-31,35-36,38,42H,8-9,13-24,28H2,(H,50,55,56). The average Bonchev–Trinajstić information content (AvgIpc) is 3.67. The van der Waals surface area contributed by atoms with Crippen molar-refractivity contribution in [3.63, 3.8) is 0 Å². The number of ether oxygens (including phenoxy) is 1. The third kappa shape index (κ3) is 7.99. The highest BCUT2D eigenvalue weighted by Gasteiger charge is 2.46. The van der Waals surface area contributed by atoms with Crippen molar-refractivity contribution in [2.75, 3.05) is 37.6 Å². The molecule has 6 aliphatic rings. The molecule has 3 atom stereocenters. The summed E-state index contributed by atoms with van der Waals surface area (Å²) in [7, 11) is 0. The summed E-state index contributed by atoms with van der Waals surface area (Å²) in [6, 6.07) is 19.6. The number of amides is 5. The number of nitriles is 1. The number of halogens is 1. The summed E-state index contributed by atoms with van der Waals surface area (Å²) in [6.45, 7) is 4.81. The number of anilines is 1. The second-order valence-corrected chi connectivity index (χ2v) is 17.5. The van der Waals surface area contributed by atoms with Crippen LogP contribution in [0.15, 0.2) is 60.7 Å². The Kier molecular flexibility index (Phi) is 11.1. The molecule has 60 heavy (non-hydrogen) atoms. The summed E-state index contributed by atoms with van der Waals surface area (Å²) in [4.78, 5) is 72.1. The zero-order valence-corrected chi connectivity index (χ0v) is 34.2. The van der Waals surface area contributed by atoms with Crippen molar-refractivity contribution < 1.29 is 28.7 Å². The van der Waals surface area contributed by atoms with E-state index < -0.39 is 23.8 Å². The lowest BCUT2D eigenvalue weighted by Gasteiger charge is -2.39. The lowest BCUT2D eigenvalue weighted by atomic mass is 9.92. The lowest BCUT2D eigenvalue weighted by molar-refractivity contribution is -0.136. The van der Waals surface area contributed by atoms with E-state index in [4.69, 9.17) is 21.6 Å². The van der Waals surface area contributed by atoms with Crippen molar-refractivity contribution in [3.8, 4) is 23.7 Å². The molecule has 0 radical (unpaired) electrons. The highest BCUT2D eigenvalue weighted by atomic mass is 35.5. The molecule has 308 valence electrons. The minimum absolute atomic E-state index is 0.00397. The predicted octanol–water partition coefficient (Wildman–Crippen LogP) is 5.81. The summed E-state index contributed by atoms with van der Waals surface area (Å²) in [6.07, 6.45) is 7.83. The molecule has 5 fully saturated rings. The second-order valence-electron chi connectivity index (χ2n) is 17.1. The fourth-order valence-electron chi connectivity index (χ4n) is 10.1. The predicted molar refractivity (Wildman–Crippen MR) is 223 cm³/mol. The van der Waals surface area contributed by atoms with Crippen LogP contribution in [0.1, 0.15) is 106 Å². The topological polar surface area (TPSA) is 143 Å². The molecule has 3 unspecified atom stereocenters. The Morgan fingerprint density at radius 1 is 0.817 bits per heavy atom. The largest absolute Gasteiger partial charge is 0.490 e. The summed E-state index contributed by atoms with van der Waals surface area (Å²) >= 11 is 6.22. The van der Waals surface area contributed by atoms with Gasteiger partial charge in [0.2, 0.25) is 11.8 Å². The number of carbonyl (C=O) groups is 5. The highest BCUT2D eigenvalue weighted by Crippen LogP contribution is 2.39. The van der Waals surface area contributed by atoms with Gasteiger partial charge in [-0.05, 0) is 119 Å². The van der Waals surface area contributed by atoms with E-state index in [2.05, 4.69) is 37.9 Å². The van der Waals surface area contributed by atoms with Crippen LogP contribution in [-0.4, -0.2) is 101 Å². The number of carbonyl (C=O) groups excluding carboxylic acids is 5. The summed E-state index contributed by atoms with van der Waals surface area (Å²) in [5, 5.41) is 11.8. The number of rotatable bonds is 7. The van der Waals surface area contributed by atoms with E-state index in [0.29, 0.717) is 44.9 Å². The van der Waals surface area contributed by atoms with Gasteiger partial charge in [0.1, 0.15) is 24.0 Å². The Balaban J connectivity index is 0.715.